The van der Waals surface area contributed by atoms with Gasteiger partial charge in [-0.3, -0.25) is 0 Å². The van der Waals surface area contributed by atoms with Gasteiger partial charge in [0.1, 0.15) is 11.2 Å². The minimum Gasteiger partial charge on any atom is -0.236 e. The molecule has 3 aromatic rings. The van der Waals surface area contributed by atoms with Crippen LogP contribution in [0.4, 0.5) is 5.69 Å². The van der Waals surface area contributed by atoms with Crippen LogP contribution in [0.15, 0.2) is 42.6 Å². The Labute approximate surface area is 111 Å². The fourth-order valence-electron chi connectivity index (χ4n) is 3.00. The molecule has 2 heterocycles. The Bertz CT molecular complexity index is 866. The summed E-state index contributed by atoms with van der Waals surface area (Å²) in [4.78, 5) is 3.67. The number of hydrogen-bond acceptors (Lipinski definition) is 0. The van der Waals surface area contributed by atoms with E-state index in [1.165, 1.54) is 16.8 Å². The van der Waals surface area contributed by atoms with Crippen molar-refractivity contribution in [3.63, 3.8) is 0 Å². The van der Waals surface area contributed by atoms with Gasteiger partial charge in [-0.2, -0.15) is 0 Å². The molecule has 1 aliphatic rings. The second-order valence-electron chi connectivity index (χ2n) is 4.95. The van der Waals surface area contributed by atoms with Crippen LogP contribution in [-0.4, -0.2) is 4.68 Å². The third kappa shape index (κ3) is 1.23. The van der Waals surface area contributed by atoms with Crippen LogP contribution >= 0.6 is 0 Å². The zero-order chi connectivity index (χ0) is 13.0. The monoisotopic (exact) mass is 246 g/mol. The number of hydrogen-bond donors (Lipinski definition) is 0. The number of para-hydroxylation sites is 2. The lowest BCUT2D eigenvalue weighted by Crippen LogP contribution is -2.36. The van der Waals surface area contributed by atoms with Crippen molar-refractivity contribution in [2.75, 3.05) is 0 Å². The van der Waals surface area contributed by atoms with Gasteiger partial charge in [0.25, 0.3) is 0 Å². The number of aromatic nitrogens is 2. The summed E-state index contributed by atoms with van der Waals surface area (Å²) in [5, 5.41) is 1.13. The molecule has 1 aliphatic heterocycles. The van der Waals surface area contributed by atoms with Gasteiger partial charge in [-0.15, -0.1) is 9.36 Å². The molecule has 0 radical (unpaired) electrons. The molecule has 0 spiro atoms. The fourth-order valence-corrected chi connectivity index (χ4v) is 3.00. The quantitative estimate of drug-likeness (QED) is 0.334. The number of benzene rings is 2. The highest BCUT2D eigenvalue weighted by molar-refractivity contribution is 5.92. The van der Waals surface area contributed by atoms with Gasteiger partial charge < -0.3 is 0 Å². The molecule has 0 saturated carbocycles. The molecule has 4 rings (SSSR count). The van der Waals surface area contributed by atoms with Crippen molar-refractivity contribution >= 4 is 16.6 Å². The van der Waals surface area contributed by atoms with Crippen LogP contribution in [0.5, 0.6) is 0 Å². The van der Waals surface area contributed by atoms with E-state index < -0.39 is 0 Å². The summed E-state index contributed by atoms with van der Waals surface area (Å²) in [6.45, 7) is 10.4. The maximum Gasteiger partial charge on any atom is 0.217 e. The Balaban J connectivity index is 2.20. The van der Waals surface area contributed by atoms with Crippen LogP contribution < -0.4 is 4.68 Å². The van der Waals surface area contributed by atoms with Crippen molar-refractivity contribution in [1.82, 2.24) is 4.68 Å². The SMILES string of the molecule is [C-]#[N+]c1cccc2c[n+]3n(c12)-c1c(C)cccc1C3. The normalized spacial score (nSPS) is 12.2. The molecule has 19 heavy (non-hydrogen) atoms. The third-order valence-electron chi connectivity index (χ3n) is 3.79. The highest BCUT2D eigenvalue weighted by atomic mass is 15.4. The summed E-state index contributed by atoms with van der Waals surface area (Å²) in [5.41, 5.74) is 5.54. The van der Waals surface area contributed by atoms with Crippen molar-refractivity contribution in [1.29, 1.82) is 0 Å². The van der Waals surface area contributed by atoms with Gasteiger partial charge in [-0.05, 0) is 18.6 Å². The second kappa shape index (κ2) is 3.46. The van der Waals surface area contributed by atoms with E-state index in [4.69, 9.17) is 6.57 Å². The zero-order valence-electron chi connectivity index (χ0n) is 10.6. The van der Waals surface area contributed by atoms with Crippen LogP contribution in [0.2, 0.25) is 0 Å². The topological polar surface area (TPSA) is 13.2 Å². The Morgan fingerprint density at radius 3 is 2.89 bits per heavy atom. The highest BCUT2D eigenvalue weighted by Gasteiger charge is 2.30. The van der Waals surface area contributed by atoms with Crippen LogP contribution in [0.25, 0.3) is 21.4 Å². The molecule has 0 bridgehead atoms. The van der Waals surface area contributed by atoms with E-state index in [9.17, 15) is 0 Å². The van der Waals surface area contributed by atoms with Crippen molar-refractivity contribution in [3.8, 4) is 5.69 Å². The molecule has 0 aliphatic carbocycles. The molecule has 0 unspecified atom stereocenters. The van der Waals surface area contributed by atoms with Crippen LogP contribution in [0.1, 0.15) is 11.1 Å². The zero-order valence-corrected chi connectivity index (χ0v) is 10.6. The molecule has 2 aromatic carbocycles. The summed E-state index contributed by atoms with van der Waals surface area (Å²) in [6, 6.07) is 12.3. The lowest BCUT2D eigenvalue weighted by molar-refractivity contribution is -0.749. The number of aryl methyl sites for hydroxylation is 1. The van der Waals surface area contributed by atoms with E-state index in [-0.39, 0.29) is 0 Å². The van der Waals surface area contributed by atoms with Crippen LogP contribution in [-0.2, 0) is 6.54 Å². The van der Waals surface area contributed by atoms with Gasteiger partial charge in [0.15, 0.2) is 6.54 Å². The summed E-state index contributed by atoms with van der Waals surface area (Å²) in [6.07, 6.45) is 2.13. The lowest BCUT2D eigenvalue weighted by atomic mass is 10.1. The number of nitrogens with zero attached hydrogens (tertiary/aromatic N) is 3. The first-order valence-corrected chi connectivity index (χ1v) is 6.30. The van der Waals surface area contributed by atoms with Crippen molar-refractivity contribution < 1.29 is 4.68 Å². The Morgan fingerprint density at radius 2 is 2.05 bits per heavy atom. The first-order valence-electron chi connectivity index (χ1n) is 6.30. The summed E-state index contributed by atoms with van der Waals surface area (Å²) in [7, 11) is 0. The molecule has 0 saturated heterocycles. The largest absolute Gasteiger partial charge is 0.236 e. The molecule has 3 heteroatoms. The molecular weight excluding hydrogens is 234 g/mol. The summed E-state index contributed by atoms with van der Waals surface area (Å²) in [5.74, 6) is 0. The predicted octanol–water partition coefficient (Wildman–Crippen LogP) is 3.14. The first-order chi connectivity index (χ1) is 9.29. The smallest absolute Gasteiger partial charge is 0.217 e. The van der Waals surface area contributed by atoms with Gasteiger partial charge in [0.05, 0.1) is 12.0 Å². The molecule has 0 N–H and O–H groups in total. The average molecular weight is 246 g/mol. The van der Waals surface area contributed by atoms with Crippen LogP contribution in [0, 0.1) is 13.5 Å². The van der Waals surface area contributed by atoms with Crippen LogP contribution in [0.3, 0.4) is 0 Å². The minimum atomic E-state index is 0.715. The average Bonchev–Trinajstić information content (AvgIpc) is 2.93. The van der Waals surface area contributed by atoms with Gasteiger partial charge >= 0.3 is 0 Å². The van der Waals surface area contributed by atoms with Gasteiger partial charge in [0.2, 0.25) is 11.9 Å². The standard InChI is InChI=1S/C16H12N3/c1-11-5-3-6-12-9-18-10-13-7-4-8-14(17-2)16(13)19(18)15(11)12/h3-8,10H,9H2,1H3/q+1. The van der Waals surface area contributed by atoms with E-state index in [1.54, 1.807) is 0 Å². The van der Waals surface area contributed by atoms with Crippen molar-refractivity contribution in [2.45, 2.75) is 13.5 Å². The van der Waals surface area contributed by atoms with E-state index in [0.717, 1.165) is 17.4 Å². The Kier molecular flexibility index (Phi) is 1.88. The fraction of sp³-hybridized carbons (Fsp3) is 0.125. The molecule has 0 atom stereocenters. The van der Waals surface area contributed by atoms with Gasteiger partial charge in [0, 0.05) is 5.56 Å². The number of rotatable bonds is 0. The van der Waals surface area contributed by atoms with Gasteiger partial charge in [-0.25, -0.2) is 4.85 Å². The first kappa shape index (κ1) is 10.3. The number of fused-ring (bicyclic) bond motifs is 5. The van der Waals surface area contributed by atoms with E-state index in [1.807, 2.05) is 12.1 Å². The van der Waals surface area contributed by atoms with Crippen molar-refractivity contribution in [3.05, 3.63) is 65.1 Å². The Hall–Kier alpha value is -2.60. The minimum absolute atomic E-state index is 0.715. The third-order valence-corrected chi connectivity index (χ3v) is 3.79. The van der Waals surface area contributed by atoms with Gasteiger partial charge in [-0.1, -0.05) is 30.3 Å². The second-order valence-corrected chi connectivity index (χ2v) is 4.95. The van der Waals surface area contributed by atoms with Crippen molar-refractivity contribution in [2.24, 2.45) is 0 Å². The molecule has 90 valence electrons. The Morgan fingerprint density at radius 1 is 1.21 bits per heavy atom. The summed E-state index contributed by atoms with van der Waals surface area (Å²) >= 11 is 0. The van der Waals surface area contributed by atoms with E-state index >= 15 is 0 Å². The summed E-state index contributed by atoms with van der Waals surface area (Å²) < 4.78 is 4.38. The maximum atomic E-state index is 7.37. The highest BCUT2D eigenvalue weighted by Crippen LogP contribution is 2.32. The molecule has 3 nitrogen and oxygen atoms in total. The predicted molar refractivity (Wildman–Crippen MR) is 73.6 cm³/mol. The lowest BCUT2D eigenvalue weighted by Gasteiger charge is -2.03. The molecular formula is C16H12N3+. The van der Waals surface area contributed by atoms with E-state index in [2.05, 4.69) is 51.6 Å². The van der Waals surface area contributed by atoms with E-state index in [0.29, 0.717) is 5.69 Å². The maximum absolute atomic E-state index is 7.37. The molecule has 0 amide bonds. The molecule has 1 aromatic heterocycles. The molecule has 0 fully saturated rings.